The Bertz CT molecular complexity index is 709. The first-order valence-corrected chi connectivity index (χ1v) is 7.68. The van der Waals surface area contributed by atoms with Gasteiger partial charge in [0.25, 0.3) is 0 Å². The number of carbonyl (C=O) groups excluding carboxylic acids is 1. The molecule has 0 aliphatic carbocycles. The zero-order chi connectivity index (χ0) is 15.0. The number of methoxy groups -OCH3 is 1. The summed E-state index contributed by atoms with van der Waals surface area (Å²) in [4.78, 5) is 13.2. The van der Waals surface area contributed by atoms with Gasteiger partial charge in [-0.25, -0.2) is 4.79 Å². The van der Waals surface area contributed by atoms with Crippen LogP contribution < -0.4 is 4.74 Å². The third kappa shape index (κ3) is 2.29. The van der Waals surface area contributed by atoms with Gasteiger partial charge in [0.2, 0.25) is 0 Å². The Labute approximate surface area is 127 Å². The van der Waals surface area contributed by atoms with Gasteiger partial charge in [-0.1, -0.05) is 0 Å². The maximum atomic E-state index is 12.0. The van der Waals surface area contributed by atoms with Crippen LogP contribution in [0.3, 0.4) is 0 Å². The van der Waals surface area contributed by atoms with E-state index in [0.29, 0.717) is 18.1 Å². The SMILES string of the molecule is CCOC(=O)c1nn(C)c2c1CSc1cc(OC)ccc1-2. The van der Waals surface area contributed by atoms with Crippen LogP contribution in [0.1, 0.15) is 23.0 Å². The highest BCUT2D eigenvalue weighted by molar-refractivity contribution is 7.98. The molecule has 1 aliphatic rings. The van der Waals surface area contributed by atoms with Gasteiger partial charge in [-0.15, -0.1) is 11.8 Å². The third-order valence-electron chi connectivity index (χ3n) is 3.43. The number of ether oxygens (including phenoxy) is 2. The van der Waals surface area contributed by atoms with Crippen LogP contribution in [0.25, 0.3) is 11.3 Å². The molecule has 0 bridgehead atoms. The van der Waals surface area contributed by atoms with Crippen molar-refractivity contribution in [1.82, 2.24) is 9.78 Å². The zero-order valence-corrected chi connectivity index (χ0v) is 13.0. The first-order valence-electron chi connectivity index (χ1n) is 6.70. The molecule has 0 atom stereocenters. The quantitative estimate of drug-likeness (QED) is 0.816. The van der Waals surface area contributed by atoms with Crippen molar-refractivity contribution in [3.8, 4) is 17.0 Å². The number of hydrogen-bond acceptors (Lipinski definition) is 5. The Hall–Kier alpha value is -1.95. The molecule has 2 aromatic rings. The maximum absolute atomic E-state index is 12.0. The fourth-order valence-corrected chi connectivity index (χ4v) is 3.59. The molecule has 21 heavy (non-hydrogen) atoms. The number of benzene rings is 1. The van der Waals surface area contributed by atoms with Gasteiger partial charge in [0.15, 0.2) is 5.69 Å². The topological polar surface area (TPSA) is 53.3 Å². The zero-order valence-electron chi connectivity index (χ0n) is 12.2. The lowest BCUT2D eigenvalue weighted by molar-refractivity contribution is 0.0517. The van der Waals surface area contributed by atoms with Crippen LogP contribution in [0.15, 0.2) is 23.1 Å². The lowest BCUT2D eigenvalue weighted by atomic mass is 10.1. The fourth-order valence-electron chi connectivity index (χ4n) is 2.50. The Balaban J connectivity index is 2.11. The molecule has 0 fully saturated rings. The van der Waals surface area contributed by atoms with Crippen LogP contribution in [-0.4, -0.2) is 29.5 Å². The van der Waals surface area contributed by atoms with Crippen molar-refractivity contribution in [2.75, 3.05) is 13.7 Å². The molecule has 110 valence electrons. The number of esters is 1. The Morgan fingerprint density at radius 3 is 3.00 bits per heavy atom. The number of aromatic nitrogens is 2. The maximum Gasteiger partial charge on any atom is 0.359 e. The normalized spacial score (nSPS) is 12.5. The summed E-state index contributed by atoms with van der Waals surface area (Å²) in [6.07, 6.45) is 0. The fraction of sp³-hybridized carbons (Fsp3) is 0.333. The number of nitrogens with zero attached hydrogens (tertiary/aromatic N) is 2. The third-order valence-corrected chi connectivity index (χ3v) is 4.51. The molecule has 0 spiro atoms. The van der Waals surface area contributed by atoms with E-state index in [4.69, 9.17) is 9.47 Å². The summed E-state index contributed by atoms with van der Waals surface area (Å²) in [5, 5.41) is 4.35. The summed E-state index contributed by atoms with van der Waals surface area (Å²) in [7, 11) is 3.51. The molecular formula is C15H16N2O3S. The summed E-state index contributed by atoms with van der Waals surface area (Å²) >= 11 is 1.68. The number of fused-ring (bicyclic) bond motifs is 3. The monoisotopic (exact) mass is 304 g/mol. The number of thioether (sulfide) groups is 1. The van der Waals surface area contributed by atoms with E-state index in [0.717, 1.165) is 27.5 Å². The summed E-state index contributed by atoms with van der Waals surface area (Å²) in [6.45, 7) is 2.15. The second-order valence-electron chi connectivity index (χ2n) is 4.67. The summed E-state index contributed by atoms with van der Waals surface area (Å²) in [5.74, 6) is 1.18. The minimum Gasteiger partial charge on any atom is -0.497 e. The number of aryl methyl sites for hydroxylation is 1. The van der Waals surface area contributed by atoms with Crippen molar-refractivity contribution in [2.24, 2.45) is 7.05 Å². The van der Waals surface area contributed by atoms with Crippen LogP contribution in [0.5, 0.6) is 5.75 Å². The van der Waals surface area contributed by atoms with E-state index in [1.807, 2.05) is 25.2 Å². The number of carbonyl (C=O) groups is 1. The minimum absolute atomic E-state index is 0.352. The van der Waals surface area contributed by atoms with Gasteiger partial charge in [-0.05, 0) is 25.1 Å². The second-order valence-corrected chi connectivity index (χ2v) is 5.69. The summed E-state index contributed by atoms with van der Waals surface area (Å²) in [5.41, 5.74) is 3.42. The van der Waals surface area contributed by atoms with Gasteiger partial charge in [0.1, 0.15) is 5.75 Å². The average molecular weight is 304 g/mol. The van der Waals surface area contributed by atoms with E-state index < -0.39 is 0 Å². The molecule has 1 aromatic heterocycles. The molecule has 0 amide bonds. The molecule has 5 nitrogen and oxygen atoms in total. The Morgan fingerprint density at radius 1 is 1.48 bits per heavy atom. The van der Waals surface area contributed by atoms with Crippen molar-refractivity contribution < 1.29 is 14.3 Å². The van der Waals surface area contributed by atoms with Gasteiger partial charge >= 0.3 is 5.97 Å². The van der Waals surface area contributed by atoms with Gasteiger partial charge in [-0.3, -0.25) is 4.68 Å². The molecule has 1 aromatic carbocycles. The first-order chi connectivity index (χ1) is 10.2. The molecule has 0 saturated carbocycles. The molecule has 2 heterocycles. The molecule has 0 radical (unpaired) electrons. The van der Waals surface area contributed by atoms with E-state index in [1.165, 1.54) is 0 Å². The van der Waals surface area contributed by atoms with Crippen molar-refractivity contribution in [3.63, 3.8) is 0 Å². The molecule has 0 unspecified atom stereocenters. The average Bonchev–Trinajstić information content (AvgIpc) is 2.84. The largest absolute Gasteiger partial charge is 0.497 e. The van der Waals surface area contributed by atoms with E-state index in [-0.39, 0.29) is 5.97 Å². The molecule has 0 N–H and O–H groups in total. The van der Waals surface area contributed by atoms with Crippen molar-refractivity contribution in [1.29, 1.82) is 0 Å². The molecule has 6 heteroatoms. The standard InChI is InChI=1S/C15H16N2O3S/c1-4-20-15(18)13-11-8-21-12-7-9(19-3)5-6-10(12)14(11)17(2)16-13/h5-7H,4,8H2,1-3H3. The highest BCUT2D eigenvalue weighted by atomic mass is 32.2. The van der Waals surface area contributed by atoms with E-state index in [9.17, 15) is 4.79 Å². The summed E-state index contributed by atoms with van der Waals surface area (Å²) in [6, 6.07) is 5.95. The van der Waals surface area contributed by atoms with Crippen molar-refractivity contribution in [2.45, 2.75) is 17.6 Å². The minimum atomic E-state index is -0.355. The van der Waals surface area contributed by atoms with E-state index in [2.05, 4.69) is 5.10 Å². The molecule has 0 saturated heterocycles. The molecule has 3 rings (SSSR count). The van der Waals surface area contributed by atoms with Gasteiger partial charge in [-0.2, -0.15) is 5.10 Å². The van der Waals surface area contributed by atoms with Crippen LogP contribution in [0, 0.1) is 0 Å². The number of rotatable bonds is 3. The smallest absolute Gasteiger partial charge is 0.359 e. The molecule has 1 aliphatic heterocycles. The summed E-state index contributed by atoms with van der Waals surface area (Å²) < 4.78 is 12.1. The van der Waals surface area contributed by atoms with Crippen molar-refractivity contribution >= 4 is 17.7 Å². The van der Waals surface area contributed by atoms with Crippen LogP contribution in [-0.2, 0) is 17.5 Å². The van der Waals surface area contributed by atoms with Crippen LogP contribution >= 0.6 is 11.8 Å². The lowest BCUT2D eigenvalue weighted by Crippen LogP contribution is -2.08. The predicted octanol–water partition coefficient (Wildman–Crippen LogP) is 2.88. The highest BCUT2D eigenvalue weighted by Gasteiger charge is 2.28. The lowest BCUT2D eigenvalue weighted by Gasteiger charge is -2.18. The number of hydrogen-bond donors (Lipinski definition) is 0. The van der Waals surface area contributed by atoms with E-state index >= 15 is 0 Å². The first kappa shape index (κ1) is 14.0. The van der Waals surface area contributed by atoms with Crippen molar-refractivity contribution in [3.05, 3.63) is 29.5 Å². The second kappa shape index (κ2) is 5.44. The Kier molecular flexibility index (Phi) is 3.63. The van der Waals surface area contributed by atoms with Crippen LogP contribution in [0.2, 0.25) is 0 Å². The highest BCUT2D eigenvalue weighted by Crippen LogP contribution is 2.43. The van der Waals surface area contributed by atoms with Gasteiger partial charge in [0, 0.05) is 28.8 Å². The molecular weight excluding hydrogens is 288 g/mol. The van der Waals surface area contributed by atoms with E-state index in [1.54, 1.807) is 30.5 Å². The predicted molar refractivity (Wildman–Crippen MR) is 80.7 cm³/mol. The van der Waals surface area contributed by atoms with Crippen LogP contribution in [0.4, 0.5) is 0 Å². The van der Waals surface area contributed by atoms with Gasteiger partial charge in [0.05, 0.1) is 19.4 Å². The van der Waals surface area contributed by atoms with Gasteiger partial charge < -0.3 is 9.47 Å². The Morgan fingerprint density at radius 2 is 2.29 bits per heavy atom.